The maximum Gasteiger partial charge on any atom is 0.245 e. The Kier molecular flexibility index (Phi) is 9.04. The lowest BCUT2D eigenvalue weighted by Gasteiger charge is -2.32. The summed E-state index contributed by atoms with van der Waals surface area (Å²) >= 11 is 0. The Balaban J connectivity index is 1.33. The van der Waals surface area contributed by atoms with E-state index in [1.807, 2.05) is 18.2 Å². The summed E-state index contributed by atoms with van der Waals surface area (Å²) in [5.41, 5.74) is 13.1. The van der Waals surface area contributed by atoms with Crippen LogP contribution in [0.25, 0.3) is 11.0 Å². The Hall–Kier alpha value is -4.82. The van der Waals surface area contributed by atoms with Crippen LogP contribution in [0, 0.1) is 6.92 Å². The number of benzene rings is 1. The molecule has 1 aromatic carbocycles. The number of hydrogen-bond donors (Lipinski definition) is 5. The first-order chi connectivity index (χ1) is 19.2. The predicted molar refractivity (Wildman–Crippen MR) is 143 cm³/mol. The van der Waals surface area contributed by atoms with E-state index in [4.69, 9.17) is 16.0 Å². The number of hydrogen-bond acceptors (Lipinski definition) is 9. The largest absolute Gasteiger partial charge is 0.370 e. The minimum Gasteiger partial charge on any atom is -0.370 e. The number of H-pyrrole nitrogens is 1. The molecule has 212 valence electrons. The molecule has 1 fully saturated rings. The molecule has 0 radical (unpaired) electrons. The molecule has 0 aliphatic carbocycles. The summed E-state index contributed by atoms with van der Waals surface area (Å²) in [4.78, 5) is 68.0. The fourth-order valence-electron chi connectivity index (χ4n) is 4.50. The van der Waals surface area contributed by atoms with Crippen LogP contribution in [0.1, 0.15) is 47.8 Å². The van der Waals surface area contributed by atoms with E-state index in [1.54, 1.807) is 13.3 Å². The lowest BCUT2D eigenvalue weighted by atomic mass is 10.0. The second kappa shape index (κ2) is 12.8. The fourth-order valence-corrected chi connectivity index (χ4v) is 4.50. The van der Waals surface area contributed by atoms with Crippen molar-refractivity contribution >= 4 is 40.5 Å². The molecule has 1 aliphatic rings. The molecule has 1 aliphatic heterocycles. The molecule has 7 N–H and O–H groups in total. The van der Waals surface area contributed by atoms with Crippen LogP contribution in [-0.4, -0.2) is 86.2 Å². The number of likely N-dealkylation sites (tertiary alicyclic amines) is 1. The summed E-state index contributed by atoms with van der Waals surface area (Å²) in [7, 11) is 0. The molecular formula is C25H32N10O5. The third kappa shape index (κ3) is 7.39. The minimum atomic E-state index is -0.971. The van der Waals surface area contributed by atoms with E-state index in [1.165, 1.54) is 4.90 Å². The Morgan fingerprint density at radius 2 is 2.10 bits per heavy atom. The highest BCUT2D eigenvalue weighted by Crippen LogP contribution is 2.15. The molecule has 2 aromatic heterocycles. The molecule has 0 unspecified atom stereocenters. The number of aromatic nitrogens is 4. The van der Waals surface area contributed by atoms with Gasteiger partial charge < -0.3 is 36.5 Å². The second-order valence-corrected chi connectivity index (χ2v) is 9.52. The standard InChI is InChI=1S/C25H32N10O5/c1-14-31-23(34-40-14)22(38)17(4-2-8-28-25(26)27)32-21(37)12-35-9-3-5-18(24(35)39)33-20(36)11-15-6-7-16-19(10-15)30-13-29-16/h6-7,10,13,17-18H,2-5,8-9,11-12H2,1H3,(H,29,30)(H,32,37)(H,33,36)(H4,26,27,28)/t17-,18-/m0/s1. The number of aryl methyl sites for hydroxylation is 1. The number of amides is 3. The van der Waals surface area contributed by atoms with Crippen molar-refractivity contribution in [2.75, 3.05) is 19.6 Å². The van der Waals surface area contributed by atoms with Gasteiger partial charge in [-0.25, -0.2) is 4.98 Å². The Morgan fingerprint density at radius 3 is 2.85 bits per heavy atom. The van der Waals surface area contributed by atoms with E-state index in [2.05, 4.69) is 35.7 Å². The zero-order valence-corrected chi connectivity index (χ0v) is 22.1. The maximum absolute atomic E-state index is 13.1. The van der Waals surface area contributed by atoms with Crippen LogP contribution in [0.4, 0.5) is 0 Å². The highest BCUT2D eigenvalue weighted by molar-refractivity contribution is 5.99. The Labute approximate surface area is 229 Å². The molecule has 15 nitrogen and oxygen atoms in total. The molecule has 3 aromatic rings. The Morgan fingerprint density at radius 1 is 1.27 bits per heavy atom. The van der Waals surface area contributed by atoms with E-state index in [0.717, 1.165) is 16.6 Å². The second-order valence-electron chi connectivity index (χ2n) is 9.52. The molecule has 3 heterocycles. The summed E-state index contributed by atoms with van der Waals surface area (Å²) in [5.74, 6) is -1.75. The molecule has 4 rings (SSSR count). The highest BCUT2D eigenvalue weighted by atomic mass is 16.5. The summed E-state index contributed by atoms with van der Waals surface area (Å²) in [6.45, 7) is 1.88. The number of rotatable bonds is 12. The highest BCUT2D eigenvalue weighted by Gasteiger charge is 2.32. The van der Waals surface area contributed by atoms with Crippen molar-refractivity contribution in [2.45, 2.75) is 51.1 Å². The van der Waals surface area contributed by atoms with E-state index >= 15 is 0 Å². The number of carbonyl (C=O) groups is 4. The van der Waals surface area contributed by atoms with Crippen LogP contribution in [0.15, 0.2) is 34.0 Å². The number of aliphatic imine (C=N–C) groups is 1. The first-order valence-corrected chi connectivity index (χ1v) is 12.9. The van der Waals surface area contributed by atoms with Gasteiger partial charge in [-0.2, -0.15) is 4.98 Å². The predicted octanol–water partition coefficient (Wildman–Crippen LogP) is -0.675. The average molecular weight is 553 g/mol. The van der Waals surface area contributed by atoms with Gasteiger partial charge in [0, 0.05) is 20.0 Å². The molecule has 0 saturated carbocycles. The number of fused-ring (bicyclic) bond motifs is 1. The molecule has 3 amide bonds. The number of carbonyl (C=O) groups excluding carboxylic acids is 4. The average Bonchev–Trinajstić information content (AvgIpc) is 3.56. The minimum absolute atomic E-state index is 0.0788. The van der Waals surface area contributed by atoms with Crippen molar-refractivity contribution in [1.29, 1.82) is 0 Å². The number of piperidine rings is 1. The van der Waals surface area contributed by atoms with Gasteiger partial charge >= 0.3 is 0 Å². The number of nitrogens with zero attached hydrogens (tertiary/aromatic N) is 5. The van der Waals surface area contributed by atoms with Crippen LogP contribution in [-0.2, 0) is 20.8 Å². The first-order valence-electron chi connectivity index (χ1n) is 12.9. The van der Waals surface area contributed by atoms with Gasteiger partial charge in [-0.05, 0) is 43.4 Å². The van der Waals surface area contributed by atoms with Gasteiger partial charge in [0.1, 0.15) is 6.04 Å². The van der Waals surface area contributed by atoms with E-state index < -0.39 is 23.8 Å². The van der Waals surface area contributed by atoms with Crippen LogP contribution in [0.3, 0.4) is 0 Å². The molecule has 0 bridgehead atoms. The number of nitrogens with one attached hydrogen (secondary N) is 3. The lowest BCUT2D eigenvalue weighted by molar-refractivity contribution is -0.141. The van der Waals surface area contributed by atoms with Gasteiger partial charge in [0.2, 0.25) is 35.2 Å². The monoisotopic (exact) mass is 552 g/mol. The molecule has 1 saturated heterocycles. The van der Waals surface area contributed by atoms with Crippen molar-refractivity contribution in [3.05, 3.63) is 41.8 Å². The molecule has 40 heavy (non-hydrogen) atoms. The fraction of sp³-hybridized carbons (Fsp3) is 0.440. The smallest absolute Gasteiger partial charge is 0.245 e. The quantitative estimate of drug-likeness (QED) is 0.0823. The summed E-state index contributed by atoms with van der Waals surface area (Å²) in [6.07, 6.45) is 3.36. The number of aromatic amines is 1. The third-order valence-electron chi connectivity index (χ3n) is 6.39. The first kappa shape index (κ1) is 28.2. The number of nitrogens with two attached hydrogens (primary N) is 2. The molecule has 2 atom stereocenters. The summed E-state index contributed by atoms with van der Waals surface area (Å²) < 4.78 is 4.89. The van der Waals surface area contributed by atoms with Crippen LogP contribution in [0.2, 0.25) is 0 Å². The van der Waals surface area contributed by atoms with Crippen LogP contribution >= 0.6 is 0 Å². The topological polar surface area (TPSA) is 228 Å². The van der Waals surface area contributed by atoms with Crippen LogP contribution in [0.5, 0.6) is 0 Å². The Bertz CT molecular complexity index is 1410. The van der Waals surface area contributed by atoms with Gasteiger partial charge in [-0.15, -0.1) is 0 Å². The molecular weight excluding hydrogens is 520 g/mol. The zero-order chi connectivity index (χ0) is 28.6. The van der Waals surface area contributed by atoms with Gasteiger partial charge in [0.25, 0.3) is 0 Å². The number of guanidine groups is 1. The molecule has 0 spiro atoms. The molecule has 15 heteroatoms. The maximum atomic E-state index is 13.1. The SMILES string of the molecule is Cc1nc(C(=O)[C@H](CCCN=C(N)N)NC(=O)CN2CCC[C@H](NC(=O)Cc3ccc4nc[nH]c4c3)C2=O)no1. The van der Waals surface area contributed by atoms with Crippen LogP contribution < -0.4 is 22.1 Å². The number of ketones is 1. The van der Waals surface area contributed by atoms with Crippen molar-refractivity contribution in [3.63, 3.8) is 0 Å². The van der Waals surface area contributed by atoms with Gasteiger partial charge in [0.05, 0.1) is 36.4 Å². The number of Topliss-reactive ketones (excluding diaryl/α,β-unsaturated/α-hetero) is 1. The lowest BCUT2D eigenvalue weighted by Crippen LogP contribution is -2.55. The normalized spacial score (nSPS) is 16.0. The third-order valence-corrected chi connectivity index (χ3v) is 6.39. The van der Waals surface area contributed by atoms with Crippen molar-refractivity contribution in [3.8, 4) is 0 Å². The van der Waals surface area contributed by atoms with Gasteiger partial charge in [-0.3, -0.25) is 24.2 Å². The summed E-state index contributed by atoms with van der Waals surface area (Å²) in [6, 6.07) is 3.75. The van der Waals surface area contributed by atoms with E-state index in [9.17, 15) is 19.2 Å². The summed E-state index contributed by atoms with van der Waals surface area (Å²) in [5, 5.41) is 9.10. The van der Waals surface area contributed by atoms with Crippen molar-refractivity contribution in [1.82, 2.24) is 35.6 Å². The van der Waals surface area contributed by atoms with E-state index in [-0.39, 0.29) is 55.4 Å². The zero-order valence-electron chi connectivity index (χ0n) is 22.1. The van der Waals surface area contributed by atoms with Gasteiger partial charge in [0.15, 0.2) is 5.96 Å². The number of imidazole rings is 1. The van der Waals surface area contributed by atoms with E-state index in [0.29, 0.717) is 25.8 Å². The van der Waals surface area contributed by atoms with Crippen molar-refractivity contribution < 1.29 is 23.7 Å². The van der Waals surface area contributed by atoms with Gasteiger partial charge in [-0.1, -0.05) is 11.2 Å². The van der Waals surface area contributed by atoms with Crippen molar-refractivity contribution in [2.24, 2.45) is 16.5 Å².